The summed E-state index contributed by atoms with van der Waals surface area (Å²) in [6.45, 7) is 1.82. The zero-order valence-electron chi connectivity index (χ0n) is 20.9. The molecule has 39 heavy (non-hydrogen) atoms. The van der Waals surface area contributed by atoms with E-state index in [1.54, 1.807) is 53.2 Å². The van der Waals surface area contributed by atoms with Gasteiger partial charge in [0, 0.05) is 5.56 Å². The van der Waals surface area contributed by atoms with Crippen molar-refractivity contribution in [2.45, 2.75) is 13.0 Å². The highest BCUT2D eigenvalue weighted by atomic mass is 35.5. The second-order valence-electron chi connectivity index (χ2n) is 8.95. The molecule has 8 nitrogen and oxygen atoms in total. The number of nitrogens with two attached hydrogens (primary N) is 1. The topological polar surface area (TPSA) is 109 Å². The van der Waals surface area contributed by atoms with Gasteiger partial charge < -0.3 is 14.9 Å². The first kappa shape index (κ1) is 24.6. The van der Waals surface area contributed by atoms with Crippen LogP contribution >= 0.6 is 11.6 Å². The summed E-state index contributed by atoms with van der Waals surface area (Å²) in [6.07, 6.45) is 1.34. The van der Waals surface area contributed by atoms with Crippen molar-refractivity contribution in [1.29, 1.82) is 0 Å². The molecule has 0 radical (unpaired) electrons. The molecular formula is C29H21ClFN5O3. The molecule has 10 heteroatoms. The first-order valence-electron chi connectivity index (χ1n) is 12.0. The first-order valence-corrected chi connectivity index (χ1v) is 12.4. The van der Waals surface area contributed by atoms with Crippen molar-refractivity contribution in [1.82, 2.24) is 19.7 Å². The van der Waals surface area contributed by atoms with Crippen LogP contribution in [0, 0.1) is 5.82 Å². The van der Waals surface area contributed by atoms with E-state index < -0.39 is 11.9 Å². The molecule has 2 N–H and O–H groups in total. The van der Waals surface area contributed by atoms with Crippen LogP contribution in [-0.2, 0) is 0 Å². The van der Waals surface area contributed by atoms with Gasteiger partial charge in [0.1, 0.15) is 46.8 Å². The van der Waals surface area contributed by atoms with E-state index in [1.807, 2.05) is 13.0 Å². The molecule has 0 saturated carbocycles. The number of nitrogen functional groups attached to an aromatic ring is 1. The third-order valence-electron chi connectivity index (χ3n) is 6.63. The van der Waals surface area contributed by atoms with Crippen molar-refractivity contribution in [3.63, 3.8) is 0 Å². The minimum absolute atomic E-state index is 0.228. The lowest BCUT2D eigenvalue weighted by Gasteiger charge is -2.17. The number of rotatable bonds is 5. The number of halogens is 2. The van der Waals surface area contributed by atoms with Crippen molar-refractivity contribution in [2.75, 3.05) is 12.8 Å². The van der Waals surface area contributed by atoms with Gasteiger partial charge in [0.25, 0.3) is 0 Å². The van der Waals surface area contributed by atoms with Gasteiger partial charge in [-0.3, -0.25) is 4.79 Å². The summed E-state index contributed by atoms with van der Waals surface area (Å²) < 4.78 is 27.5. The number of fused-ring (bicyclic) bond motifs is 2. The minimum atomic E-state index is -0.653. The predicted molar refractivity (Wildman–Crippen MR) is 148 cm³/mol. The lowest BCUT2D eigenvalue weighted by Crippen LogP contribution is -2.16. The van der Waals surface area contributed by atoms with Crippen LogP contribution in [0.3, 0.4) is 0 Å². The van der Waals surface area contributed by atoms with Crippen LogP contribution in [0.25, 0.3) is 44.4 Å². The Morgan fingerprint density at radius 1 is 1.05 bits per heavy atom. The molecule has 0 aliphatic heterocycles. The molecule has 6 rings (SSSR count). The zero-order chi connectivity index (χ0) is 27.3. The summed E-state index contributed by atoms with van der Waals surface area (Å²) >= 11 is 6.41. The molecule has 0 saturated heterocycles. The number of benzene rings is 3. The summed E-state index contributed by atoms with van der Waals surface area (Å²) in [5, 5.41) is 6.15. The number of aromatic nitrogens is 4. The molecule has 3 aromatic heterocycles. The van der Waals surface area contributed by atoms with Crippen LogP contribution < -0.4 is 15.9 Å². The Hall–Kier alpha value is -4.76. The number of anilines is 1. The smallest absolute Gasteiger partial charge is 0.200 e. The predicted octanol–water partition coefficient (Wildman–Crippen LogP) is 6.26. The van der Waals surface area contributed by atoms with E-state index in [4.69, 9.17) is 31.6 Å². The molecule has 3 heterocycles. The lowest BCUT2D eigenvalue weighted by atomic mass is 9.99. The third-order valence-corrected chi connectivity index (χ3v) is 6.92. The fraction of sp³-hybridized carbons (Fsp3) is 0.103. The van der Waals surface area contributed by atoms with Crippen LogP contribution in [0.15, 0.2) is 82.3 Å². The number of para-hydroxylation sites is 1. The van der Waals surface area contributed by atoms with Crippen LogP contribution in [0.5, 0.6) is 5.75 Å². The maximum Gasteiger partial charge on any atom is 0.200 e. The van der Waals surface area contributed by atoms with Crippen LogP contribution in [0.1, 0.15) is 18.7 Å². The van der Waals surface area contributed by atoms with Gasteiger partial charge in [-0.05, 0) is 55.0 Å². The second-order valence-corrected chi connectivity index (χ2v) is 9.36. The van der Waals surface area contributed by atoms with E-state index in [1.165, 1.54) is 25.6 Å². The first-order chi connectivity index (χ1) is 18.9. The molecule has 0 amide bonds. The Labute approximate surface area is 226 Å². The van der Waals surface area contributed by atoms with E-state index in [0.717, 1.165) is 0 Å². The Bertz CT molecular complexity index is 1950. The highest BCUT2D eigenvalue weighted by Crippen LogP contribution is 2.38. The Balaban J connectivity index is 1.63. The maximum absolute atomic E-state index is 14.3. The summed E-state index contributed by atoms with van der Waals surface area (Å²) in [5.74, 6) is 0.567. The Morgan fingerprint density at radius 3 is 2.64 bits per heavy atom. The van der Waals surface area contributed by atoms with E-state index >= 15 is 0 Å². The summed E-state index contributed by atoms with van der Waals surface area (Å²) in [6, 6.07) is 17.4. The van der Waals surface area contributed by atoms with Gasteiger partial charge in [0.05, 0.1) is 28.5 Å². The normalized spacial score (nSPS) is 12.2. The maximum atomic E-state index is 14.3. The van der Waals surface area contributed by atoms with Crippen LogP contribution in [0.4, 0.5) is 10.2 Å². The minimum Gasteiger partial charge on any atom is -0.495 e. The van der Waals surface area contributed by atoms with Gasteiger partial charge >= 0.3 is 0 Å². The van der Waals surface area contributed by atoms with Gasteiger partial charge in [-0.25, -0.2) is 19.0 Å². The molecular weight excluding hydrogens is 521 g/mol. The fourth-order valence-corrected chi connectivity index (χ4v) is 5.02. The molecule has 0 fully saturated rings. The van der Waals surface area contributed by atoms with Gasteiger partial charge in [-0.1, -0.05) is 35.9 Å². The molecule has 194 valence electrons. The number of ether oxygens (including phenoxy) is 1. The number of hydrogen-bond acceptors (Lipinski definition) is 7. The molecule has 0 bridgehead atoms. The van der Waals surface area contributed by atoms with Gasteiger partial charge in [0.15, 0.2) is 5.65 Å². The molecule has 0 aliphatic carbocycles. The SMILES string of the molecule is COc1ccc(-c2nn(C(C)c3oc4ccccc4c(=O)c3-c3cccc(F)c3)c3ncnc(N)c23)cc1Cl. The second kappa shape index (κ2) is 9.52. The van der Waals surface area contributed by atoms with Gasteiger partial charge in [-0.2, -0.15) is 5.10 Å². The zero-order valence-corrected chi connectivity index (χ0v) is 21.6. The molecule has 3 aromatic carbocycles. The average Bonchev–Trinajstić information content (AvgIpc) is 3.33. The van der Waals surface area contributed by atoms with Crippen LogP contribution in [0.2, 0.25) is 5.02 Å². The molecule has 0 aliphatic rings. The average molecular weight is 542 g/mol. The monoisotopic (exact) mass is 541 g/mol. The third kappa shape index (κ3) is 4.07. The Morgan fingerprint density at radius 2 is 1.87 bits per heavy atom. The summed E-state index contributed by atoms with van der Waals surface area (Å²) in [5.41, 5.74) is 8.64. The lowest BCUT2D eigenvalue weighted by molar-refractivity contribution is 0.415. The molecule has 1 atom stereocenters. The van der Waals surface area contributed by atoms with E-state index in [-0.39, 0.29) is 16.8 Å². The van der Waals surface area contributed by atoms with Crippen molar-refractivity contribution in [2.24, 2.45) is 0 Å². The summed E-state index contributed by atoms with van der Waals surface area (Å²) in [7, 11) is 1.53. The number of nitrogens with zero attached hydrogens (tertiary/aromatic N) is 4. The highest BCUT2D eigenvalue weighted by Gasteiger charge is 2.27. The van der Waals surface area contributed by atoms with E-state index in [2.05, 4.69) is 9.97 Å². The van der Waals surface area contributed by atoms with E-state index in [9.17, 15) is 9.18 Å². The van der Waals surface area contributed by atoms with Gasteiger partial charge in [0.2, 0.25) is 5.43 Å². The number of hydrogen-bond donors (Lipinski definition) is 1. The highest BCUT2D eigenvalue weighted by molar-refractivity contribution is 6.32. The largest absolute Gasteiger partial charge is 0.495 e. The molecule has 0 spiro atoms. The van der Waals surface area contributed by atoms with E-state index in [0.29, 0.717) is 55.4 Å². The number of methoxy groups -OCH3 is 1. The van der Waals surface area contributed by atoms with Gasteiger partial charge in [-0.15, -0.1) is 0 Å². The van der Waals surface area contributed by atoms with Crippen molar-refractivity contribution >= 4 is 39.4 Å². The van der Waals surface area contributed by atoms with Crippen LogP contribution in [-0.4, -0.2) is 26.9 Å². The standard InChI is InChI=1S/C29H21ClFN5O3/c1-15(27-23(16-6-5-7-18(31)12-16)26(37)19-8-3-4-9-21(19)39-27)36-29-24(28(32)33-14-34-29)25(35-36)17-10-11-22(38-2)20(30)13-17/h3-15H,1-2H3,(H2,32,33,34). The summed E-state index contributed by atoms with van der Waals surface area (Å²) in [4.78, 5) is 22.4. The van der Waals surface area contributed by atoms with Crippen molar-refractivity contribution in [3.8, 4) is 28.1 Å². The fourth-order valence-electron chi connectivity index (χ4n) is 4.76. The molecule has 1 unspecified atom stereocenters. The van der Waals surface area contributed by atoms with Crippen molar-refractivity contribution in [3.05, 3.63) is 99.9 Å². The quantitative estimate of drug-likeness (QED) is 0.274. The Kier molecular flexibility index (Phi) is 6.00. The van der Waals surface area contributed by atoms with Crippen molar-refractivity contribution < 1.29 is 13.5 Å². The molecule has 6 aromatic rings.